The molecule has 0 aromatic heterocycles. The standard InChI is InChI=1S/C11H15FN2O/c1-8-4-5-9(7-10(8)12)14-11(15)3-2-6-13/h4-5,7H,2-3,6,13H2,1H3,(H,14,15). The number of carbonyl (C=O) groups excluding carboxylic acids is 1. The summed E-state index contributed by atoms with van der Waals surface area (Å²) in [5.41, 5.74) is 6.33. The Hall–Kier alpha value is -1.42. The van der Waals surface area contributed by atoms with Gasteiger partial charge in [0.25, 0.3) is 0 Å². The lowest BCUT2D eigenvalue weighted by Crippen LogP contribution is -2.13. The molecule has 1 aromatic rings. The number of anilines is 1. The van der Waals surface area contributed by atoms with Crippen LogP contribution in [-0.4, -0.2) is 12.5 Å². The fraction of sp³-hybridized carbons (Fsp3) is 0.364. The van der Waals surface area contributed by atoms with Crippen LogP contribution >= 0.6 is 0 Å². The van der Waals surface area contributed by atoms with Gasteiger partial charge in [0.1, 0.15) is 5.82 Å². The van der Waals surface area contributed by atoms with Gasteiger partial charge in [-0.15, -0.1) is 0 Å². The number of amides is 1. The van der Waals surface area contributed by atoms with Crippen LogP contribution in [0.1, 0.15) is 18.4 Å². The zero-order valence-corrected chi connectivity index (χ0v) is 8.72. The van der Waals surface area contributed by atoms with Crippen LogP contribution in [0.4, 0.5) is 10.1 Å². The number of benzene rings is 1. The number of nitrogens with two attached hydrogens (primary N) is 1. The summed E-state index contributed by atoms with van der Waals surface area (Å²) in [6.07, 6.45) is 1.01. The number of aryl methyl sites for hydroxylation is 1. The molecule has 1 rings (SSSR count). The first-order valence-electron chi connectivity index (χ1n) is 4.89. The summed E-state index contributed by atoms with van der Waals surface area (Å²) in [6, 6.07) is 4.63. The second-order valence-electron chi connectivity index (χ2n) is 3.40. The normalized spacial score (nSPS) is 10.1. The Bertz CT molecular complexity index is 352. The molecule has 15 heavy (non-hydrogen) atoms. The van der Waals surface area contributed by atoms with Crippen LogP contribution in [0.5, 0.6) is 0 Å². The first-order chi connectivity index (χ1) is 7.13. The van der Waals surface area contributed by atoms with Crippen molar-refractivity contribution in [3.8, 4) is 0 Å². The second-order valence-corrected chi connectivity index (χ2v) is 3.40. The van der Waals surface area contributed by atoms with Crippen molar-refractivity contribution in [2.75, 3.05) is 11.9 Å². The molecule has 0 aliphatic rings. The summed E-state index contributed by atoms with van der Waals surface area (Å²) in [4.78, 5) is 11.3. The number of hydrogen-bond acceptors (Lipinski definition) is 2. The molecular weight excluding hydrogens is 195 g/mol. The van der Waals surface area contributed by atoms with Crippen molar-refractivity contribution in [3.05, 3.63) is 29.6 Å². The molecule has 0 spiro atoms. The SMILES string of the molecule is Cc1ccc(NC(=O)CCCN)cc1F. The third kappa shape index (κ3) is 3.67. The molecule has 0 saturated heterocycles. The molecule has 4 heteroatoms. The van der Waals surface area contributed by atoms with E-state index in [9.17, 15) is 9.18 Å². The van der Waals surface area contributed by atoms with E-state index in [1.165, 1.54) is 6.07 Å². The van der Waals surface area contributed by atoms with E-state index in [1.807, 2.05) is 0 Å². The van der Waals surface area contributed by atoms with Crippen molar-refractivity contribution in [1.82, 2.24) is 0 Å². The quantitative estimate of drug-likeness (QED) is 0.796. The molecule has 1 aromatic carbocycles. The van der Waals surface area contributed by atoms with Crippen LogP contribution in [0, 0.1) is 12.7 Å². The Labute approximate surface area is 88.5 Å². The fourth-order valence-corrected chi connectivity index (χ4v) is 1.16. The molecule has 0 heterocycles. The van der Waals surface area contributed by atoms with Gasteiger partial charge >= 0.3 is 0 Å². The van der Waals surface area contributed by atoms with Gasteiger partial charge in [-0.25, -0.2) is 4.39 Å². The predicted molar refractivity (Wildman–Crippen MR) is 58.1 cm³/mol. The minimum absolute atomic E-state index is 0.135. The highest BCUT2D eigenvalue weighted by atomic mass is 19.1. The van der Waals surface area contributed by atoms with E-state index in [2.05, 4.69) is 5.32 Å². The molecule has 3 N–H and O–H groups in total. The molecule has 1 amide bonds. The zero-order chi connectivity index (χ0) is 11.3. The van der Waals surface area contributed by atoms with E-state index in [1.54, 1.807) is 19.1 Å². The molecule has 0 fully saturated rings. The topological polar surface area (TPSA) is 55.1 Å². The van der Waals surface area contributed by atoms with Crippen molar-refractivity contribution in [1.29, 1.82) is 0 Å². The first-order valence-corrected chi connectivity index (χ1v) is 4.89. The van der Waals surface area contributed by atoms with E-state index in [4.69, 9.17) is 5.73 Å². The van der Waals surface area contributed by atoms with Gasteiger partial charge in [0, 0.05) is 12.1 Å². The Morgan fingerprint density at radius 2 is 2.27 bits per heavy atom. The molecule has 0 unspecified atom stereocenters. The largest absolute Gasteiger partial charge is 0.330 e. The Morgan fingerprint density at radius 3 is 2.87 bits per heavy atom. The van der Waals surface area contributed by atoms with Crippen LogP contribution in [0.3, 0.4) is 0 Å². The summed E-state index contributed by atoms with van der Waals surface area (Å²) in [5, 5.41) is 2.61. The van der Waals surface area contributed by atoms with Crippen LogP contribution in [0.25, 0.3) is 0 Å². The van der Waals surface area contributed by atoms with Crippen LogP contribution < -0.4 is 11.1 Å². The minimum Gasteiger partial charge on any atom is -0.330 e. The fourth-order valence-electron chi connectivity index (χ4n) is 1.16. The van der Waals surface area contributed by atoms with Crippen LogP contribution in [0.2, 0.25) is 0 Å². The van der Waals surface area contributed by atoms with Gasteiger partial charge in [-0.1, -0.05) is 6.07 Å². The third-order valence-corrected chi connectivity index (χ3v) is 2.06. The maximum Gasteiger partial charge on any atom is 0.224 e. The lowest BCUT2D eigenvalue weighted by Gasteiger charge is -2.05. The van der Waals surface area contributed by atoms with Crippen molar-refractivity contribution < 1.29 is 9.18 Å². The van der Waals surface area contributed by atoms with Gasteiger partial charge in [-0.2, -0.15) is 0 Å². The average Bonchev–Trinajstić information content (AvgIpc) is 2.20. The Morgan fingerprint density at radius 1 is 1.53 bits per heavy atom. The molecule has 0 bridgehead atoms. The van der Waals surface area contributed by atoms with E-state index < -0.39 is 0 Å². The lowest BCUT2D eigenvalue weighted by molar-refractivity contribution is -0.116. The summed E-state index contributed by atoms with van der Waals surface area (Å²) in [6.45, 7) is 2.16. The monoisotopic (exact) mass is 210 g/mol. The zero-order valence-electron chi connectivity index (χ0n) is 8.72. The average molecular weight is 210 g/mol. The number of hydrogen-bond donors (Lipinski definition) is 2. The van der Waals surface area contributed by atoms with E-state index >= 15 is 0 Å². The maximum absolute atomic E-state index is 13.1. The molecule has 3 nitrogen and oxygen atoms in total. The molecular formula is C11H15FN2O. The second kappa shape index (κ2) is 5.46. The van der Waals surface area contributed by atoms with E-state index in [0.717, 1.165) is 0 Å². The van der Waals surface area contributed by atoms with Gasteiger partial charge in [-0.05, 0) is 37.6 Å². The van der Waals surface area contributed by atoms with Crippen molar-refractivity contribution in [2.45, 2.75) is 19.8 Å². The van der Waals surface area contributed by atoms with E-state index in [-0.39, 0.29) is 11.7 Å². The molecule has 0 aliphatic carbocycles. The number of halogens is 1. The summed E-state index contributed by atoms with van der Waals surface area (Å²) in [5.74, 6) is -0.449. The summed E-state index contributed by atoms with van der Waals surface area (Å²) >= 11 is 0. The van der Waals surface area contributed by atoms with Crippen molar-refractivity contribution >= 4 is 11.6 Å². The van der Waals surface area contributed by atoms with Crippen LogP contribution in [-0.2, 0) is 4.79 Å². The predicted octanol–water partition coefficient (Wildman–Crippen LogP) is 1.81. The highest BCUT2D eigenvalue weighted by molar-refractivity contribution is 5.90. The summed E-state index contributed by atoms with van der Waals surface area (Å²) < 4.78 is 13.1. The molecule has 0 saturated carbocycles. The third-order valence-electron chi connectivity index (χ3n) is 2.06. The Kier molecular flexibility index (Phi) is 4.24. The minimum atomic E-state index is -0.313. The van der Waals surface area contributed by atoms with E-state index in [0.29, 0.717) is 30.6 Å². The highest BCUT2D eigenvalue weighted by Crippen LogP contribution is 2.13. The number of nitrogens with one attached hydrogen (secondary N) is 1. The van der Waals surface area contributed by atoms with Gasteiger partial charge in [0.05, 0.1) is 0 Å². The van der Waals surface area contributed by atoms with Crippen LogP contribution in [0.15, 0.2) is 18.2 Å². The van der Waals surface area contributed by atoms with Crippen molar-refractivity contribution in [2.24, 2.45) is 5.73 Å². The molecule has 0 radical (unpaired) electrons. The van der Waals surface area contributed by atoms with Gasteiger partial charge in [-0.3, -0.25) is 4.79 Å². The summed E-state index contributed by atoms with van der Waals surface area (Å²) in [7, 11) is 0. The van der Waals surface area contributed by atoms with Gasteiger partial charge < -0.3 is 11.1 Å². The number of carbonyl (C=O) groups is 1. The lowest BCUT2D eigenvalue weighted by atomic mass is 10.2. The molecule has 0 aliphatic heterocycles. The van der Waals surface area contributed by atoms with Crippen molar-refractivity contribution in [3.63, 3.8) is 0 Å². The number of rotatable bonds is 4. The molecule has 0 atom stereocenters. The van der Waals surface area contributed by atoms with Gasteiger partial charge in [0.2, 0.25) is 5.91 Å². The molecule has 82 valence electrons. The van der Waals surface area contributed by atoms with Gasteiger partial charge in [0.15, 0.2) is 0 Å². The highest BCUT2D eigenvalue weighted by Gasteiger charge is 2.03. The smallest absolute Gasteiger partial charge is 0.224 e. The maximum atomic E-state index is 13.1. The first kappa shape index (κ1) is 11.7. The Balaban J connectivity index is 2.57.